The van der Waals surface area contributed by atoms with E-state index in [0.717, 1.165) is 15.6 Å². The Balaban J connectivity index is 1.69. The van der Waals surface area contributed by atoms with Crippen molar-refractivity contribution in [2.24, 2.45) is 11.8 Å². The molecule has 2 aromatic rings. The summed E-state index contributed by atoms with van der Waals surface area (Å²) in [5.41, 5.74) is 1.28. The van der Waals surface area contributed by atoms with E-state index >= 15 is 0 Å². The first-order valence-corrected chi connectivity index (χ1v) is 10.8. The molecule has 30 heavy (non-hydrogen) atoms. The van der Waals surface area contributed by atoms with Gasteiger partial charge in [-0.2, -0.15) is 5.01 Å². The number of hydrogen-bond acceptors (Lipinski definition) is 5. The highest BCUT2D eigenvalue weighted by atomic mass is 35.5. The Morgan fingerprint density at radius 1 is 1.13 bits per heavy atom. The lowest BCUT2D eigenvalue weighted by atomic mass is 9.82. The number of ketones is 1. The second-order valence-electron chi connectivity index (χ2n) is 7.46. The van der Waals surface area contributed by atoms with E-state index in [0.29, 0.717) is 22.7 Å². The summed E-state index contributed by atoms with van der Waals surface area (Å²) < 4.78 is 0. The fourth-order valence-electron chi connectivity index (χ4n) is 3.88. The summed E-state index contributed by atoms with van der Waals surface area (Å²) in [6.45, 7) is 1.53. The number of nitrogens with zero attached hydrogens (tertiary/aromatic N) is 2. The first-order valence-electron chi connectivity index (χ1n) is 9.54. The molecule has 2 heterocycles. The fourth-order valence-corrected chi connectivity index (χ4v) is 4.67. The molecule has 8 heteroatoms. The van der Waals surface area contributed by atoms with E-state index in [4.69, 9.17) is 11.6 Å². The van der Waals surface area contributed by atoms with E-state index < -0.39 is 36.1 Å². The van der Waals surface area contributed by atoms with Crippen molar-refractivity contribution in [2.45, 2.75) is 19.8 Å². The third-order valence-corrected chi connectivity index (χ3v) is 6.62. The first kappa shape index (κ1) is 20.5. The smallest absolute Gasteiger partial charge is 0.273 e. The topological polar surface area (TPSA) is 74.8 Å². The van der Waals surface area contributed by atoms with Crippen LogP contribution in [0, 0.1) is 11.8 Å². The van der Waals surface area contributed by atoms with Crippen molar-refractivity contribution >= 4 is 46.4 Å². The number of hydrazine groups is 1. The van der Waals surface area contributed by atoms with Gasteiger partial charge in [0, 0.05) is 10.6 Å². The molecule has 1 aliphatic heterocycles. The van der Waals surface area contributed by atoms with Crippen LogP contribution in [-0.2, 0) is 9.59 Å². The van der Waals surface area contributed by atoms with Crippen molar-refractivity contribution in [1.29, 1.82) is 0 Å². The van der Waals surface area contributed by atoms with Gasteiger partial charge in [0.15, 0.2) is 5.78 Å². The second-order valence-corrected chi connectivity index (χ2v) is 8.85. The van der Waals surface area contributed by atoms with Crippen LogP contribution in [0.3, 0.4) is 0 Å². The molecule has 0 bridgehead atoms. The number of hydrogen-bond donors (Lipinski definition) is 0. The molecule has 2 aliphatic rings. The van der Waals surface area contributed by atoms with Gasteiger partial charge in [-0.1, -0.05) is 29.3 Å². The highest BCUT2D eigenvalue weighted by Crippen LogP contribution is 2.38. The van der Waals surface area contributed by atoms with E-state index in [2.05, 4.69) is 0 Å². The van der Waals surface area contributed by atoms with Gasteiger partial charge < -0.3 is 0 Å². The van der Waals surface area contributed by atoms with Crippen LogP contribution in [0.2, 0.25) is 5.02 Å². The molecule has 1 aromatic carbocycles. The minimum atomic E-state index is -0.596. The molecular formula is C22H19ClN2O4S. The molecule has 1 fully saturated rings. The van der Waals surface area contributed by atoms with Crippen LogP contribution in [0.25, 0.3) is 0 Å². The SMILES string of the molecule is CC1=CC[C@H]2C(=O)N(N(CC(=O)c3cccs3)C(=O)c3ccc(Cl)cc3)C(=O)[C@H]2C1. The summed E-state index contributed by atoms with van der Waals surface area (Å²) >= 11 is 7.16. The number of thiophene rings is 1. The number of rotatable bonds is 5. The predicted octanol–water partition coefficient (Wildman–Crippen LogP) is 3.98. The Bertz CT molecular complexity index is 1050. The summed E-state index contributed by atoms with van der Waals surface area (Å²) in [5.74, 6) is -2.80. The van der Waals surface area contributed by atoms with Gasteiger partial charge in [0.2, 0.25) is 0 Å². The van der Waals surface area contributed by atoms with Gasteiger partial charge in [0.25, 0.3) is 17.7 Å². The molecule has 1 saturated heterocycles. The van der Waals surface area contributed by atoms with Gasteiger partial charge in [-0.3, -0.25) is 19.2 Å². The van der Waals surface area contributed by atoms with Crippen molar-refractivity contribution in [3.8, 4) is 0 Å². The molecule has 4 rings (SSSR count). The summed E-state index contributed by atoms with van der Waals surface area (Å²) in [7, 11) is 0. The lowest BCUT2D eigenvalue weighted by Gasteiger charge is -2.30. The Morgan fingerprint density at radius 3 is 2.50 bits per heavy atom. The summed E-state index contributed by atoms with van der Waals surface area (Å²) in [4.78, 5) is 52.8. The van der Waals surface area contributed by atoms with Crippen molar-refractivity contribution in [2.75, 3.05) is 6.54 Å². The first-order chi connectivity index (χ1) is 14.4. The van der Waals surface area contributed by atoms with Crippen molar-refractivity contribution in [1.82, 2.24) is 10.0 Å². The number of halogens is 1. The maximum atomic E-state index is 13.3. The van der Waals surface area contributed by atoms with E-state index in [-0.39, 0.29) is 11.3 Å². The minimum Gasteiger partial charge on any atom is -0.291 e. The van der Waals surface area contributed by atoms with Crippen LogP contribution < -0.4 is 0 Å². The Morgan fingerprint density at radius 2 is 1.83 bits per heavy atom. The van der Waals surface area contributed by atoms with Crippen LogP contribution in [0.1, 0.15) is 39.8 Å². The molecule has 0 saturated carbocycles. The lowest BCUT2D eigenvalue weighted by Crippen LogP contribution is -2.52. The van der Waals surface area contributed by atoms with Crippen LogP contribution in [0.4, 0.5) is 0 Å². The van der Waals surface area contributed by atoms with Crippen molar-refractivity contribution in [3.63, 3.8) is 0 Å². The highest BCUT2D eigenvalue weighted by Gasteiger charge is 2.51. The average molecular weight is 443 g/mol. The quantitative estimate of drug-likeness (QED) is 0.398. The monoisotopic (exact) mass is 442 g/mol. The maximum absolute atomic E-state index is 13.3. The van der Waals surface area contributed by atoms with Crippen LogP contribution in [0.15, 0.2) is 53.4 Å². The summed E-state index contributed by atoms with van der Waals surface area (Å²) in [6, 6.07) is 9.51. The summed E-state index contributed by atoms with van der Waals surface area (Å²) in [5, 5.41) is 4.09. The third-order valence-electron chi connectivity index (χ3n) is 5.46. The second kappa shape index (κ2) is 8.16. The number of allylic oxidation sites excluding steroid dienone is 2. The van der Waals surface area contributed by atoms with Gasteiger partial charge in [-0.05, 0) is 55.5 Å². The molecule has 1 aliphatic carbocycles. The van der Waals surface area contributed by atoms with Crippen LogP contribution in [-0.4, -0.2) is 40.1 Å². The largest absolute Gasteiger partial charge is 0.291 e. The zero-order chi connectivity index (χ0) is 21.4. The number of Topliss-reactive ketones (excluding diaryl/α,β-unsaturated/α-hetero) is 1. The molecule has 0 unspecified atom stereocenters. The van der Waals surface area contributed by atoms with Gasteiger partial charge in [0.1, 0.15) is 6.54 Å². The number of imide groups is 1. The zero-order valence-corrected chi connectivity index (χ0v) is 17.8. The number of carbonyl (C=O) groups excluding carboxylic acids is 4. The molecule has 0 N–H and O–H groups in total. The van der Waals surface area contributed by atoms with Crippen molar-refractivity contribution in [3.05, 3.63) is 68.9 Å². The average Bonchev–Trinajstić information content (AvgIpc) is 3.34. The van der Waals surface area contributed by atoms with Gasteiger partial charge in [0.05, 0.1) is 16.7 Å². The van der Waals surface area contributed by atoms with E-state index in [1.54, 1.807) is 29.6 Å². The molecule has 1 aromatic heterocycles. The molecule has 6 nitrogen and oxygen atoms in total. The molecular weight excluding hydrogens is 424 g/mol. The standard InChI is InChI=1S/C22H19ClN2O4S/c1-13-4-9-16-17(11-13)22(29)25(21(16)28)24(12-18(26)19-3-2-10-30-19)20(27)14-5-7-15(23)8-6-14/h2-8,10,16-17H,9,11-12H2,1H3/t16-,17+/m1/s1. The number of benzene rings is 1. The molecule has 154 valence electrons. The van der Waals surface area contributed by atoms with Crippen molar-refractivity contribution < 1.29 is 19.2 Å². The number of amides is 3. The summed E-state index contributed by atoms with van der Waals surface area (Å²) in [6.07, 6.45) is 2.89. The Hall–Kier alpha value is -2.77. The lowest BCUT2D eigenvalue weighted by molar-refractivity contribution is -0.154. The zero-order valence-electron chi connectivity index (χ0n) is 16.2. The molecule has 0 spiro atoms. The maximum Gasteiger partial charge on any atom is 0.273 e. The van der Waals surface area contributed by atoms with Crippen LogP contribution >= 0.6 is 22.9 Å². The molecule has 2 atom stereocenters. The Kier molecular flexibility index (Phi) is 5.58. The van der Waals surface area contributed by atoms with E-state index in [1.165, 1.54) is 23.5 Å². The molecule has 0 radical (unpaired) electrons. The minimum absolute atomic E-state index is 0.239. The van der Waals surface area contributed by atoms with E-state index in [9.17, 15) is 19.2 Å². The fraction of sp³-hybridized carbons (Fsp3) is 0.273. The van der Waals surface area contributed by atoms with Gasteiger partial charge in [-0.15, -0.1) is 11.3 Å². The Labute approximate surface area is 182 Å². The third kappa shape index (κ3) is 3.70. The highest BCUT2D eigenvalue weighted by molar-refractivity contribution is 7.12. The van der Waals surface area contributed by atoms with Gasteiger partial charge in [-0.25, -0.2) is 5.01 Å². The number of carbonyl (C=O) groups is 4. The van der Waals surface area contributed by atoms with Gasteiger partial charge >= 0.3 is 0 Å². The van der Waals surface area contributed by atoms with Crippen LogP contribution in [0.5, 0.6) is 0 Å². The van der Waals surface area contributed by atoms with E-state index in [1.807, 2.05) is 13.0 Å². The number of fused-ring (bicyclic) bond motifs is 1. The molecule has 3 amide bonds. The normalized spacial score (nSPS) is 20.7. The predicted molar refractivity (Wildman–Crippen MR) is 113 cm³/mol.